The summed E-state index contributed by atoms with van der Waals surface area (Å²) in [6.45, 7) is 2.52. The van der Waals surface area contributed by atoms with E-state index < -0.39 is 84.6 Å². The topological polar surface area (TPSA) is 381 Å². The predicted molar refractivity (Wildman–Crippen MR) is 245 cm³/mol. The fourth-order valence-electron chi connectivity index (χ4n) is 7.41. The highest BCUT2D eigenvalue weighted by atomic mass is 32.2. The van der Waals surface area contributed by atoms with Gasteiger partial charge in [0, 0.05) is 43.0 Å². The Hall–Kier alpha value is -3.29. The lowest BCUT2D eigenvalue weighted by Gasteiger charge is -2.30. The zero-order valence-corrected chi connectivity index (χ0v) is 41.3. The second-order valence-corrected chi connectivity index (χ2v) is 22.1. The molecule has 25 nitrogen and oxygen atoms in total. The molecule has 2 aromatic heterocycles. The number of fused-ring (bicyclic) bond motifs is 1. The summed E-state index contributed by atoms with van der Waals surface area (Å²) < 4.78 is 62.4. The minimum absolute atomic E-state index is 0.0276. The fourth-order valence-corrected chi connectivity index (χ4v) is 10.8. The Bertz CT molecular complexity index is 2240. The maximum Gasteiger partial charge on any atom is 0.481 e. The first kappa shape index (κ1) is 57.3. The van der Waals surface area contributed by atoms with Crippen molar-refractivity contribution >= 4 is 74.9 Å². The average molecular weight is 1040 g/mol. The van der Waals surface area contributed by atoms with E-state index in [-0.39, 0.29) is 47.5 Å². The highest BCUT2D eigenvalue weighted by Crippen LogP contribution is 2.61. The molecule has 2 fully saturated rings. The van der Waals surface area contributed by atoms with Gasteiger partial charge in [0.2, 0.25) is 16.9 Å². The van der Waals surface area contributed by atoms with E-state index in [1.54, 1.807) is 0 Å². The molecule has 1 aliphatic heterocycles. The number of nitrogens with one attached hydrogen (secondary N) is 2. The van der Waals surface area contributed by atoms with Crippen LogP contribution in [-0.2, 0) is 55.5 Å². The van der Waals surface area contributed by atoms with Gasteiger partial charge in [-0.2, -0.15) is 4.31 Å². The van der Waals surface area contributed by atoms with E-state index in [4.69, 9.17) is 19.5 Å². The molecule has 1 aliphatic carbocycles. The summed E-state index contributed by atoms with van der Waals surface area (Å²) in [5.41, 5.74) is 4.26. The Morgan fingerprint density at radius 3 is 2.49 bits per heavy atom. The monoisotopic (exact) mass is 1040 g/mol. The summed E-state index contributed by atoms with van der Waals surface area (Å²) in [4.78, 5) is 101. The lowest BCUT2D eigenvalue weighted by atomic mass is 9.87. The maximum atomic E-state index is 12.7. The number of ketones is 1. The number of imidazole rings is 1. The van der Waals surface area contributed by atoms with Crippen molar-refractivity contribution < 1.29 is 85.3 Å². The second-order valence-electron chi connectivity index (χ2n) is 16.8. The van der Waals surface area contributed by atoms with Crippen molar-refractivity contribution in [2.45, 2.75) is 116 Å². The quantitative estimate of drug-likeness (QED) is 0.0244. The minimum atomic E-state index is -5.59. The van der Waals surface area contributed by atoms with Crippen LogP contribution in [0.15, 0.2) is 37.0 Å². The number of nitrogens with zero attached hydrogens (tertiary/aromatic N) is 4. The van der Waals surface area contributed by atoms with Crippen molar-refractivity contribution in [3.8, 4) is 0 Å². The summed E-state index contributed by atoms with van der Waals surface area (Å²) in [7, 11) is -16.4. The number of aliphatic hydroxyl groups excluding tert-OH is 2. The number of phosphoric acid groups is 3. The lowest BCUT2D eigenvalue weighted by Crippen LogP contribution is -2.46. The van der Waals surface area contributed by atoms with Crippen molar-refractivity contribution in [3.63, 3.8) is 0 Å². The van der Waals surface area contributed by atoms with Crippen LogP contribution in [0.2, 0.25) is 0 Å². The largest absolute Gasteiger partial charge is 0.481 e. The number of ether oxygens (including phenoxy) is 1. The molecule has 9 atom stereocenters. The number of hydrogen-bond acceptors (Lipinski definition) is 19. The number of amides is 2. The molecule has 0 spiro atoms. The summed E-state index contributed by atoms with van der Waals surface area (Å²) in [6, 6.07) is 0. The number of anilines is 1. The molecule has 2 aliphatic rings. The highest BCUT2D eigenvalue weighted by Gasteiger charge is 2.50. The summed E-state index contributed by atoms with van der Waals surface area (Å²) in [5, 5.41) is 26.4. The SMILES string of the molecule is CCC=CCC1C(=O)CCC1CCCCCC=CC(=O)SCCNC(=O)CCNC(=O)C(O)C(C)(C)COP(=O)(O)OP(=O)(O)OCC1OC(n2cnc3c(N)ncnc32)C(O)C1OP(=O)(O)O. The molecule has 0 aromatic carbocycles. The van der Waals surface area contributed by atoms with Crippen LogP contribution in [0.25, 0.3) is 11.2 Å². The number of unbranched alkanes of at least 4 members (excludes halogenated alkanes) is 3. The first-order valence-electron chi connectivity index (χ1n) is 21.8. The fraction of sp³-hybridized carbons (Fsp3) is 0.667. The molecule has 29 heteroatoms. The van der Waals surface area contributed by atoms with Crippen molar-refractivity contribution in [2.24, 2.45) is 17.3 Å². The number of carbonyl (C=O) groups is 4. The number of hydrogen-bond donors (Lipinski definition) is 9. The molecule has 2 aromatic rings. The van der Waals surface area contributed by atoms with Gasteiger partial charge in [-0.3, -0.25) is 37.3 Å². The number of aromatic nitrogens is 4. The van der Waals surface area contributed by atoms with E-state index in [1.807, 2.05) is 6.08 Å². The molecular formula is C39H62N7O18P3S. The van der Waals surface area contributed by atoms with Gasteiger partial charge in [0.25, 0.3) is 0 Å². The second kappa shape index (κ2) is 26.2. The normalized spacial score (nSPS) is 23.6. The molecule has 4 rings (SSSR count). The number of allylic oxidation sites excluding steroid dienone is 3. The molecule has 0 bridgehead atoms. The van der Waals surface area contributed by atoms with Crippen LogP contribution >= 0.6 is 35.2 Å². The molecule has 382 valence electrons. The summed E-state index contributed by atoms with van der Waals surface area (Å²) in [5.74, 6) is -0.180. The Morgan fingerprint density at radius 2 is 1.76 bits per heavy atom. The van der Waals surface area contributed by atoms with E-state index >= 15 is 0 Å². The average Bonchev–Trinajstić information content (AvgIpc) is 3.94. The first-order valence-corrected chi connectivity index (χ1v) is 27.3. The molecule has 2 amide bonds. The highest BCUT2D eigenvalue weighted by molar-refractivity contribution is 8.14. The van der Waals surface area contributed by atoms with Crippen LogP contribution in [0.4, 0.5) is 5.82 Å². The molecule has 10 N–H and O–H groups in total. The molecule has 0 radical (unpaired) electrons. The number of nitrogen functional groups attached to an aromatic ring is 1. The Labute approximate surface area is 396 Å². The predicted octanol–water partition coefficient (Wildman–Crippen LogP) is 3.12. The van der Waals surface area contributed by atoms with E-state index in [0.29, 0.717) is 23.9 Å². The third kappa shape index (κ3) is 18.1. The van der Waals surface area contributed by atoms with E-state index in [1.165, 1.54) is 19.9 Å². The van der Waals surface area contributed by atoms with E-state index in [9.17, 15) is 62.7 Å². The van der Waals surface area contributed by atoms with Gasteiger partial charge in [-0.1, -0.05) is 63.6 Å². The molecular weight excluding hydrogens is 979 g/mol. The van der Waals surface area contributed by atoms with Crippen molar-refractivity contribution in [2.75, 3.05) is 37.8 Å². The van der Waals surface area contributed by atoms with Crippen LogP contribution in [0, 0.1) is 17.3 Å². The standard InChI is InChI=1S/C39H62N7O18P3S/c1-4-5-9-13-26-25(15-16-27(26)47)12-10-7-6-8-11-14-30(49)68-20-19-41-29(48)17-18-42-37(52)34(51)39(2,3)22-61-67(58,59)64-66(56,57)60-21-28-33(63-65(53,54)55)32(50)38(62-28)46-24-45-31-35(40)43-23-44-36(31)46/h5,9,11,14,23-26,28,32-34,38,50-51H,4,6-8,10,12-13,15-22H2,1-3H3,(H,41,48)(H,42,52)(H,56,57)(H,58,59)(H2,40,43,44)(H2,53,54,55). The van der Waals surface area contributed by atoms with E-state index in [0.717, 1.165) is 80.4 Å². The Kier molecular flexibility index (Phi) is 22.1. The van der Waals surface area contributed by atoms with Crippen molar-refractivity contribution in [3.05, 3.63) is 37.0 Å². The van der Waals surface area contributed by atoms with Crippen molar-refractivity contribution in [1.29, 1.82) is 0 Å². The smallest absolute Gasteiger partial charge is 0.386 e. The number of rotatable bonds is 29. The lowest BCUT2D eigenvalue weighted by molar-refractivity contribution is -0.137. The van der Waals surface area contributed by atoms with Gasteiger partial charge in [0.05, 0.1) is 19.5 Å². The van der Waals surface area contributed by atoms with Gasteiger partial charge in [-0.15, -0.1) is 0 Å². The van der Waals surface area contributed by atoms with Gasteiger partial charge < -0.3 is 50.9 Å². The number of Topliss-reactive ketones (excluding diaryl/α,β-unsaturated/α-hetero) is 1. The van der Waals surface area contributed by atoms with Crippen LogP contribution in [0.5, 0.6) is 0 Å². The molecule has 9 unspecified atom stereocenters. The summed E-state index contributed by atoms with van der Waals surface area (Å²) in [6.07, 6.45) is 8.88. The minimum Gasteiger partial charge on any atom is -0.386 e. The molecule has 3 heterocycles. The van der Waals surface area contributed by atoms with Gasteiger partial charge in [-0.05, 0) is 50.5 Å². The molecule has 68 heavy (non-hydrogen) atoms. The number of nitrogens with two attached hydrogens (primary N) is 1. The summed E-state index contributed by atoms with van der Waals surface area (Å²) >= 11 is 1.04. The number of phosphoric ester groups is 3. The van der Waals surface area contributed by atoms with Crippen LogP contribution in [0.1, 0.15) is 91.2 Å². The van der Waals surface area contributed by atoms with Gasteiger partial charge in [-0.25, -0.2) is 28.6 Å². The molecule has 1 saturated heterocycles. The zero-order valence-electron chi connectivity index (χ0n) is 37.8. The first-order chi connectivity index (χ1) is 31.9. The van der Waals surface area contributed by atoms with Gasteiger partial charge in [0.1, 0.15) is 42.0 Å². The van der Waals surface area contributed by atoms with Gasteiger partial charge in [0.15, 0.2) is 17.7 Å². The van der Waals surface area contributed by atoms with Crippen molar-refractivity contribution in [1.82, 2.24) is 30.2 Å². The van der Waals surface area contributed by atoms with Crippen LogP contribution in [0.3, 0.4) is 0 Å². The number of thioether (sulfide) groups is 1. The van der Waals surface area contributed by atoms with Crippen LogP contribution < -0.4 is 16.4 Å². The third-order valence-corrected chi connectivity index (χ3v) is 14.9. The Morgan fingerprint density at radius 1 is 1.03 bits per heavy atom. The third-order valence-electron chi connectivity index (χ3n) is 11.0. The Balaban J connectivity index is 1.11. The maximum absolute atomic E-state index is 12.7. The van der Waals surface area contributed by atoms with Crippen LogP contribution in [-0.4, -0.2) is 128 Å². The number of carbonyl (C=O) groups excluding carboxylic acids is 4. The van der Waals surface area contributed by atoms with E-state index in [2.05, 4.69) is 53.5 Å². The van der Waals surface area contributed by atoms with Gasteiger partial charge >= 0.3 is 23.5 Å². The zero-order chi connectivity index (χ0) is 50.3. The molecule has 1 saturated carbocycles. The number of aliphatic hydroxyl groups is 2.